The van der Waals surface area contributed by atoms with Crippen molar-refractivity contribution in [1.82, 2.24) is 0 Å². The Morgan fingerprint density at radius 3 is 1.96 bits per heavy atom. The molecule has 0 saturated carbocycles. The molecule has 1 aromatic heterocycles. The molecule has 0 spiro atoms. The van der Waals surface area contributed by atoms with Gasteiger partial charge in [0.25, 0.3) is 0 Å². The molecule has 0 aliphatic rings. The van der Waals surface area contributed by atoms with Crippen molar-refractivity contribution in [3.63, 3.8) is 0 Å². The molecule has 0 saturated heterocycles. The number of halogens is 6. The fourth-order valence-corrected chi connectivity index (χ4v) is 2.61. The summed E-state index contributed by atoms with van der Waals surface area (Å²) in [5.41, 5.74) is -6.40. The number of alkyl halides is 6. The molecular weight excluding hydrogens is 350 g/mol. The van der Waals surface area contributed by atoms with E-state index >= 15 is 0 Å². The van der Waals surface area contributed by atoms with E-state index < -0.39 is 45.6 Å². The van der Waals surface area contributed by atoms with Gasteiger partial charge in [0.15, 0.2) is 5.58 Å². The van der Waals surface area contributed by atoms with Crippen LogP contribution in [0.2, 0.25) is 0 Å². The van der Waals surface area contributed by atoms with Crippen LogP contribution in [0.25, 0.3) is 22.1 Å². The van der Waals surface area contributed by atoms with Crippen molar-refractivity contribution in [2.24, 2.45) is 0 Å². The van der Waals surface area contributed by atoms with Gasteiger partial charge in [-0.05, 0) is 11.6 Å². The molecule has 0 aliphatic carbocycles. The average Bonchev–Trinajstić information content (AvgIpc) is 2.51. The van der Waals surface area contributed by atoms with Crippen molar-refractivity contribution < 1.29 is 30.8 Å². The summed E-state index contributed by atoms with van der Waals surface area (Å²) in [6.07, 6.45) is -9.97. The summed E-state index contributed by atoms with van der Waals surface area (Å²) in [5.74, 6) is 0. The lowest BCUT2D eigenvalue weighted by atomic mass is 9.95. The van der Waals surface area contributed by atoms with Crippen LogP contribution in [0, 0.1) is 0 Å². The highest BCUT2D eigenvalue weighted by molar-refractivity contribution is 5.96. The number of hydrogen-bond acceptors (Lipinski definition) is 2. The van der Waals surface area contributed by atoms with Crippen LogP contribution >= 0.6 is 0 Å². The van der Waals surface area contributed by atoms with Crippen molar-refractivity contribution in [3.05, 3.63) is 70.1 Å². The van der Waals surface area contributed by atoms with Crippen molar-refractivity contribution in [2.45, 2.75) is 12.4 Å². The maximum Gasteiger partial charge on any atom is 0.424 e. The van der Waals surface area contributed by atoms with Gasteiger partial charge in [0.2, 0.25) is 0 Å². The summed E-state index contributed by atoms with van der Waals surface area (Å²) in [6, 6.07) is 9.61. The number of hydrogen-bond donors (Lipinski definition) is 0. The van der Waals surface area contributed by atoms with Gasteiger partial charge in [0.1, 0.15) is 5.56 Å². The fraction of sp³-hybridized carbons (Fsp3) is 0.118. The van der Waals surface area contributed by atoms with E-state index in [1.165, 1.54) is 30.3 Å². The quantitative estimate of drug-likeness (QED) is 0.425. The van der Waals surface area contributed by atoms with E-state index in [0.717, 1.165) is 12.1 Å². The lowest BCUT2D eigenvalue weighted by molar-refractivity contribution is -0.139. The van der Waals surface area contributed by atoms with E-state index in [1.54, 1.807) is 0 Å². The van der Waals surface area contributed by atoms with Crippen molar-refractivity contribution >= 4 is 11.0 Å². The molecule has 2 nitrogen and oxygen atoms in total. The summed E-state index contributed by atoms with van der Waals surface area (Å²) < 4.78 is 84.0. The molecular formula is C17H8F6O2. The highest BCUT2D eigenvalue weighted by Gasteiger charge is 2.41. The highest BCUT2D eigenvalue weighted by Crippen LogP contribution is 2.42. The standard InChI is InChI=1S/C17H8F6O2/c18-16(19,20)11-8-4-7-10-12(9-5-2-1-3-6-9)13(17(21,22)23)15(24)25-14(10)11/h1-8H. The van der Waals surface area contributed by atoms with Gasteiger partial charge in [0, 0.05) is 10.9 Å². The van der Waals surface area contributed by atoms with E-state index in [2.05, 4.69) is 4.42 Å². The normalized spacial score (nSPS) is 12.6. The van der Waals surface area contributed by atoms with Crippen LogP contribution in [-0.4, -0.2) is 0 Å². The molecule has 3 aromatic rings. The van der Waals surface area contributed by atoms with Crippen LogP contribution in [0.15, 0.2) is 57.7 Å². The van der Waals surface area contributed by atoms with Gasteiger partial charge in [-0.15, -0.1) is 0 Å². The van der Waals surface area contributed by atoms with E-state index in [9.17, 15) is 31.1 Å². The Labute approximate surface area is 136 Å². The lowest BCUT2D eigenvalue weighted by Crippen LogP contribution is -2.21. The molecule has 25 heavy (non-hydrogen) atoms. The molecule has 0 aliphatic heterocycles. The third kappa shape index (κ3) is 2.99. The van der Waals surface area contributed by atoms with Gasteiger partial charge in [-0.1, -0.05) is 42.5 Å². The molecule has 3 rings (SSSR count). The van der Waals surface area contributed by atoms with Gasteiger partial charge < -0.3 is 4.42 Å². The van der Waals surface area contributed by atoms with E-state index in [-0.39, 0.29) is 5.56 Å². The monoisotopic (exact) mass is 358 g/mol. The SMILES string of the molecule is O=c1oc2c(C(F)(F)F)cccc2c(-c2ccccc2)c1C(F)(F)F. The second-order valence-corrected chi connectivity index (χ2v) is 5.18. The highest BCUT2D eigenvalue weighted by atomic mass is 19.4. The van der Waals surface area contributed by atoms with Gasteiger partial charge in [-0.2, -0.15) is 26.3 Å². The summed E-state index contributed by atoms with van der Waals surface area (Å²) in [6.45, 7) is 0. The summed E-state index contributed by atoms with van der Waals surface area (Å²) in [4.78, 5) is 11.9. The molecule has 0 fully saturated rings. The molecule has 0 unspecified atom stereocenters. The first-order valence-electron chi connectivity index (χ1n) is 6.90. The predicted molar refractivity (Wildman–Crippen MR) is 77.9 cm³/mol. The number of fused-ring (bicyclic) bond motifs is 1. The smallest absolute Gasteiger partial charge is 0.422 e. The maximum absolute atomic E-state index is 13.4. The fourth-order valence-electron chi connectivity index (χ4n) is 2.61. The first-order chi connectivity index (χ1) is 11.6. The van der Waals surface area contributed by atoms with E-state index in [4.69, 9.17) is 0 Å². The van der Waals surface area contributed by atoms with Crippen LogP contribution in [0.4, 0.5) is 26.3 Å². The Morgan fingerprint density at radius 1 is 0.760 bits per heavy atom. The molecule has 0 radical (unpaired) electrons. The Bertz CT molecular complexity index is 984. The third-order valence-corrected chi connectivity index (χ3v) is 3.58. The predicted octanol–water partition coefficient (Wildman–Crippen LogP) is 5.50. The zero-order valence-electron chi connectivity index (χ0n) is 12.2. The molecule has 0 bridgehead atoms. The number of benzene rings is 2. The molecule has 0 N–H and O–H groups in total. The van der Waals surface area contributed by atoms with E-state index in [0.29, 0.717) is 6.07 Å². The zero-order chi connectivity index (χ0) is 18.4. The van der Waals surface area contributed by atoms with Gasteiger partial charge in [0.05, 0.1) is 5.56 Å². The Kier molecular flexibility index (Phi) is 3.85. The van der Waals surface area contributed by atoms with E-state index in [1.807, 2.05) is 0 Å². The van der Waals surface area contributed by atoms with Crippen LogP contribution < -0.4 is 5.63 Å². The van der Waals surface area contributed by atoms with Gasteiger partial charge in [-0.3, -0.25) is 0 Å². The number of para-hydroxylation sites is 1. The van der Waals surface area contributed by atoms with Crippen LogP contribution in [0.1, 0.15) is 11.1 Å². The van der Waals surface area contributed by atoms with Gasteiger partial charge in [-0.25, -0.2) is 4.79 Å². The number of rotatable bonds is 1. The topological polar surface area (TPSA) is 30.2 Å². The summed E-state index contributed by atoms with van der Waals surface area (Å²) in [5, 5.41) is -0.437. The molecule has 0 amide bonds. The minimum absolute atomic E-state index is 0.0351. The molecule has 1 heterocycles. The zero-order valence-corrected chi connectivity index (χ0v) is 12.2. The Hall–Kier alpha value is -2.77. The van der Waals surface area contributed by atoms with Crippen molar-refractivity contribution in [2.75, 3.05) is 0 Å². The van der Waals surface area contributed by atoms with Crippen LogP contribution in [-0.2, 0) is 12.4 Å². The molecule has 8 heteroatoms. The minimum atomic E-state index is -5.09. The first-order valence-corrected chi connectivity index (χ1v) is 6.90. The van der Waals surface area contributed by atoms with Crippen molar-refractivity contribution in [3.8, 4) is 11.1 Å². The first kappa shape index (κ1) is 17.1. The second-order valence-electron chi connectivity index (χ2n) is 5.18. The Balaban J connectivity index is 2.55. The average molecular weight is 358 g/mol. The molecule has 130 valence electrons. The van der Waals surface area contributed by atoms with Crippen molar-refractivity contribution in [1.29, 1.82) is 0 Å². The molecule has 2 aromatic carbocycles. The summed E-state index contributed by atoms with van der Waals surface area (Å²) >= 11 is 0. The third-order valence-electron chi connectivity index (χ3n) is 3.58. The van der Waals surface area contributed by atoms with Crippen LogP contribution in [0.5, 0.6) is 0 Å². The summed E-state index contributed by atoms with van der Waals surface area (Å²) in [7, 11) is 0. The molecule has 0 atom stereocenters. The second kappa shape index (κ2) is 5.65. The largest absolute Gasteiger partial charge is 0.424 e. The minimum Gasteiger partial charge on any atom is -0.422 e. The maximum atomic E-state index is 13.4. The lowest BCUT2D eigenvalue weighted by Gasteiger charge is -2.16. The Morgan fingerprint density at radius 2 is 1.40 bits per heavy atom. The van der Waals surface area contributed by atoms with Crippen LogP contribution in [0.3, 0.4) is 0 Å². The van der Waals surface area contributed by atoms with Gasteiger partial charge >= 0.3 is 18.0 Å².